The van der Waals surface area contributed by atoms with Gasteiger partial charge in [-0.15, -0.1) is 0 Å². The third-order valence-corrected chi connectivity index (χ3v) is 4.00. The molecule has 0 aliphatic heterocycles. The first kappa shape index (κ1) is 13.6. The normalized spacial score (nSPS) is 15.4. The van der Waals surface area contributed by atoms with Crippen molar-refractivity contribution in [2.75, 3.05) is 0 Å². The van der Waals surface area contributed by atoms with E-state index in [4.69, 9.17) is 0 Å². The summed E-state index contributed by atoms with van der Waals surface area (Å²) in [5, 5.41) is 14.9. The van der Waals surface area contributed by atoms with Crippen molar-refractivity contribution in [1.29, 1.82) is 0 Å². The SMILES string of the molecule is O=C(Cn1ccc2cccc([N+](=O)[O-])c21)NC1CCCC1. The van der Waals surface area contributed by atoms with E-state index in [9.17, 15) is 14.9 Å². The molecule has 1 aromatic carbocycles. The Morgan fingerprint density at radius 1 is 1.33 bits per heavy atom. The zero-order valence-electron chi connectivity index (χ0n) is 11.6. The Kier molecular flexibility index (Phi) is 3.60. The van der Waals surface area contributed by atoms with Crippen LogP contribution >= 0.6 is 0 Å². The van der Waals surface area contributed by atoms with E-state index in [2.05, 4.69) is 5.32 Å². The molecule has 0 spiro atoms. The van der Waals surface area contributed by atoms with Gasteiger partial charge in [0.15, 0.2) is 0 Å². The average Bonchev–Trinajstić information content (AvgIpc) is 3.08. The highest BCUT2D eigenvalue weighted by Crippen LogP contribution is 2.26. The number of para-hydroxylation sites is 1. The summed E-state index contributed by atoms with van der Waals surface area (Å²) in [7, 11) is 0. The van der Waals surface area contributed by atoms with Crippen molar-refractivity contribution in [2.45, 2.75) is 38.3 Å². The number of carbonyl (C=O) groups is 1. The molecule has 1 heterocycles. The van der Waals surface area contributed by atoms with Gasteiger partial charge in [-0.25, -0.2) is 0 Å². The van der Waals surface area contributed by atoms with Crippen LogP contribution in [0.2, 0.25) is 0 Å². The molecular formula is C15H17N3O3. The van der Waals surface area contributed by atoms with Crippen LogP contribution in [0.25, 0.3) is 10.9 Å². The van der Waals surface area contributed by atoms with Crippen molar-refractivity contribution in [1.82, 2.24) is 9.88 Å². The minimum absolute atomic E-state index is 0.0335. The van der Waals surface area contributed by atoms with Crippen LogP contribution in [0.5, 0.6) is 0 Å². The predicted molar refractivity (Wildman–Crippen MR) is 79.0 cm³/mol. The summed E-state index contributed by atoms with van der Waals surface area (Å²) in [6.45, 7) is 0.116. The minimum atomic E-state index is -0.409. The Balaban J connectivity index is 1.83. The van der Waals surface area contributed by atoms with Gasteiger partial charge in [0.05, 0.1) is 4.92 Å². The lowest BCUT2D eigenvalue weighted by Crippen LogP contribution is -2.35. The summed E-state index contributed by atoms with van der Waals surface area (Å²) < 4.78 is 1.65. The highest BCUT2D eigenvalue weighted by atomic mass is 16.6. The molecule has 0 radical (unpaired) electrons. The molecule has 0 saturated heterocycles. The van der Waals surface area contributed by atoms with Gasteiger partial charge in [-0.2, -0.15) is 0 Å². The number of nitro benzene ring substituents is 1. The standard InChI is InChI=1S/C15H17N3O3/c19-14(16-12-5-1-2-6-12)10-17-9-8-11-4-3-7-13(15(11)17)18(20)21/h3-4,7-9,12H,1-2,5-6,10H2,(H,16,19). The fourth-order valence-corrected chi connectivity index (χ4v) is 3.02. The molecule has 1 aliphatic carbocycles. The van der Waals surface area contributed by atoms with Crippen molar-refractivity contribution in [3.8, 4) is 0 Å². The maximum Gasteiger partial charge on any atom is 0.293 e. The van der Waals surface area contributed by atoms with Gasteiger partial charge < -0.3 is 9.88 Å². The molecular weight excluding hydrogens is 270 g/mol. The van der Waals surface area contributed by atoms with Crippen molar-refractivity contribution < 1.29 is 9.72 Å². The van der Waals surface area contributed by atoms with Gasteiger partial charge in [-0.1, -0.05) is 25.0 Å². The van der Waals surface area contributed by atoms with Crippen molar-refractivity contribution >= 4 is 22.5 Å². The van der Waals surface area contributed by atoms with E-state index < -0.39 is 4.92 Å². The first-order valence-electron chi connectivity index (χ1n) is 7.17. The Labute approximate surface area is 121 Å². The second kappa shape index (κ2) is 5.55. The Hall–Kier alpha value is -2.37. The molecule has 0 atom stereocenters. The first-order valence-corrected chi connectivity index (χ1v) is 7.17. The van der Waals surface area contributed by atoms with E-state index in [1.165, 1.54) is 6.07 Å². The number of carbonyl (C=O) groups excluding carboxylic acids is 1. The van der Waals surface area contributed by atoms with Gasteiger partial charge >= 0.3 is 0 Å². The minimum Gasteiger partial charge on any atom is -0.352 e. The summed E-state index contributed by atoms with van der Waals surface area (Å²) in [6.07, 6.45) is 6.09. The van der Waals surface area contributed by atoms with Crippen LogP contribution in [-0.2, 0) is 11.3 Å². The highest BCUT2D eigenvalue weighted by molar-refractivity contribution is 5.90. The van der Waals surface area contributed by atoms with E-state index in [0.29, 0.717) is 5.52 Å². The monoisotopic (exact) mass is 287 g/mol. The smallest absolute Gasteiger partial charge is 0.293 e. The largest absolute Gasteiger partial charge is 0.352 e. The number of amides is 1. The summed E-state index contributed by atoms with van der Waals surface area (Å²) in [6, 6.07) is 6.99. The van der Waals surface area contributed by atoms with Gasteiger partial charge in [-0.05, 0) is 18.9 Å². The van der Waals surface area contributed by atoms with E-state index >= 15 is 0 Å². The van der Waals surface area contributed by atoms with Gasteiger partial charge in [0, 0.05) is 23.7 Å². The number of hydrogen-bond donors (Lipinski definition) is 1. The lowest BCUT2D eigenvalue weighted by molar-refractivity contribution is -0.383. The summed E-state index contributed by atoms with van der Waals surface area (Å²) in [5.41, 5.74) is 0.537. The number of benzene rings is 1. The molecule has 0 unspecified atom stereocenters. The van der Waals surface area contributed by atoms with Crippen LogP contribution in [-0.4, -0.2) is 21.4 Å². The molecule has 6 nitrogen and oxygen atoms in total. The fraction of sp³-hybridized carbons (Fsp3) is 0.400. The topological polar surface area (TPSA) is 77.2 Å². The second-order valence-corrected chi connectivity index (χ2v) is 5.46. The second-order valence-electron chi connectivity index (χ2n) is 5.46. The zero-order chi connectivity index (χ0) is 14.8. The Bertz CT molecular complexity index is 687. The number of nitrogens with zero attached hydrogens (tertiary/aromatic N) is 2. The van der Waals surface area contributed by atoms with Crippen LogP contribution in [0.1, 0.15) is 25.7 Å². The molecule has 1 amide bonds. The molecule has 1 fully saturated rings. The molecule has 2 aromatic rings. The number of fused-ring (bicyclic) bond motifs is 1. The number of nitrogens with one attached hydrogen (secondary N) is 1. The summed E-state index contributed by atoms with van der Waals surface area (Å²) in [4.78, 5) is 22.8. The number of nitro groups is 1. The van der Waals surface area contributed by atoms with Crippen molar-refractivity contribution in [3.05, 3.63) is 40.6 Å². The van der Waals surface area contributed by atoms with Crippen LogP contribution in [0.4, 0.5) is 5.69 Å². The summed E-state index contributed by atoms with van der Waals surface area (Å²) >= 11 is 0. The third kappa shape index (κ3) is 2.74. The van der Waals surface area contributed by atoms with Crippen molar-refractivity contribution in [3.63, 3.8) is 0 Å². The van der Waals surface area contributed by atoms with E-state index in [-0.39, 0.29) is 24.2 Å². The zero-order valence-corrected chi connectivity index (χ0v) is 11.6. The quantitative estimate of drug-likeness (QED) is 0.693. The van der Waals surface area contributed by atoms with Crippen LogP contribution < -0.4 is 5.32 Å². The molecule has 1 aromatic heterocycles. The van der Waals surface area contributed by atoms with Gasteiger partial charge in [0.25, 0.3) is 5.69 Å². The van der Waals surface area contributed by atoms with Crippen molar-refractivity contribution in [2.24, 2.45) is 0 Å². The Morgan fingerprint density at radius 2 is 2.10 bits per heavy atom. The molecule has 1 aliphatic rings. The van der Waals surface area contributed by atoms with Gasteiger partial charge in [0.1, 0.15) is 12.1 Å². The first-order chi connectivity index (χ1) is 10.1. The summed E-state index contributed by atoms with van der Waals surface area (Å²) in [5.74, 6) is -0.0856. The molecule has 1 saturated carbocycles. The van der Waals surface area contributed by atoms with Gasteiger partial charge in [0.2, 0.25) is 5.91 Å². The average molecular weight is 287 g/mol. The van der Waals surface area contributed by atoms with E-state index in [1.807, 2.05) is 6.07 Å². The van der Waals surface area contributed by atoms with Crippen LogP contribution in [0, 0.1) is 10.1 Å². The van der Waals surface area contributed by atoms with Crippen LogP contribution in [0.3, 0.4) is 0 Å². The number of non-ortho nitro benzene ring substituents is 1. The molecule has 21 heavy (non-hydrogen) atoms. The Morgan fingerprint density at radius 3 is 2.81 bits per heavy atom. The fourth-order valence-electron chi connectivity index (χ4n) is 3.02. The number of aromatic nitrogens is 1. The maximum atomic E-state index is 12.1. The lowest BCUT2D eigenvalue weighted by atomic mass is 10.2. The maximum absolute atomic E-state index is 12.1. The van der Waals surface area contributed by atoms with E-state index in [1.54, 1.807) is 22.9 Å². The van der Waals surface area contributed by atoms with Gasteiger partial charge in [-0.3, -0.25) is 14.9 Å². The molecule has 6 heteroatoms. The number of hydrogen-bond acceptors (Lipinski definition) is 3. The molecule has 3 rings (SSSR count). The highest BCUT2D eigenvalue weighted by Gasteiger charge is 2.19. The van der Waals surface area contributed by atoms with Crippen LogP contribution in [0.15, 0.2) is 30.5 Å². The number of rotatable bonds is 4. The molecule has 1 N–H and O–H groups in total. The van der Waals surface area contributed by atoms with E-state index in [0.717, 1.165) is 31.1 Å². The molecule has 110 valence electrons. The third-order valence-electron chi connectivity index (χ3n) is 4.00. The lowest BCUT2D eigenvalue weighted by Gasteiger charge is -2.12. The molecule has 0 bridgehead atoms. The predicted octanol–water partition coefficient (Wildman–Crippen LogP) is 2.61.